The van der Waals surface area contributed by atoms with E-state index in [4.69, 9.17) is 9.47 Å². The number of nitrogens with one attached hydrogen (secondary N) is 2. The van der Waals surface area contributed by atoms with Gasteiger partial charge in [0.05, 0.1) is 0 Å². The smallest absolute Gasteiger partial charge is 0.251 e. The summed E-state index contributed by atoms with van der Waals surface area (Å²) < 4.78 is 70.5. The van der Waals surface area contributed by atoms with E-state index in [0.29, 0.717) is 34.8 Å². The Labute approximate surface area is 277 Å². The average Bonchev–Trinajstić information content (AvgIpc) is 3.92. The molecule has 254 valence electrons. The Morgan fingerprint density at radius 1 is 0.583 bits per heavy atom. The Kier molecular flexibility index (Phi) is 8.85. The average molecular weight is 665 g/mol. The van der Waals surface area contributed by atoms with Crippen molar-refractivity contribution in [2.24, 2.45) is 35.5 Å². The Balaban J connectivity index is 0.976. The zero-order valence-electron chi connectivity index (χ0n) is 27.0. The van der Waals surface area contributed by atoms with E-state index in [0.717, 1.165) is 24.7 Å². The van der Waals surface area contributed by atoms with Gasteiger partial charge < -0.3 is 20.1 Å². The van der Waals surface area contributed by atoms with Gasteiger partial charge in [-0.1, -0.05) is 12.8 Å². The second kappa shape index (κ2) is 13.1. The zero-order chi connectivity index (χ0) is 33.7. The molecular weight excluding hydrogens is 624 g/mol. The molecule has 0 heterocycles. The highest BCUT2D eigenvalue weighted by atomic mass is 19.2. The minimum atomic E-state index is -1.78. The number of carbonyl (C=O) groups excluding carboxylic acids is 2. The van der Waals surface area contributed by atoms with E-state index in [1.54, 1.807) is 0 Å². The molecule has 4 fully saturated rings. The summed E-state index contributed by atoms with van der Waals surface area (Å²) in [6.45, 7) is 4.02. The lowest BCUT2D eigenvalue weighted by Gasteiger charge is -2.28. The number of halogens is 4. The molecule has 0 radical (unpaired) electrons. The lowest BCUT2D eigenvalue weighted by atomic mass is 9.84. The van der Waals surface area contributed by atoms with Gasteiger partial charge in [0.1, 0.15) is 11.5 Å². The van der Waals surface area contributed by atoms with Crippen LogP contribution in [0.4, 0.5) is 17.6 Å². The van der Waals surface area contributed by atoms with Crippen LogP contribution in [0.25, 0.3) is 0 Å². The van der Waals surface area contributed by atoms with Crippen molar-refractivity contribution >= 4 is 11.8 Å². The van der Waals surface area contributed by atoms with Crippen molar-refractivity contribution in [3.63, 3.8) is 0 Å². The van der Waals surface area contributed by atoms with Crippen molar-refractivity contribution in [2.75, 3.05) is 0 Å². The van der Waals surface area contributed by atoms with Crippen molar-refractivity contribution in [3.05, 3.63) is 82.9 Å². The summed E-state index contributed by atoms with van der Waals surface area (Å²) in [5.74, 6) is -6.81. The third-order valence-electron chi connectivity index (χ3n) is 11.4. The van der Waals surface area contributed by atoms with Crippen molar-refractivity contribution in [1.82, 2.24) is 10.6 Å². The molecule has 3 aromatic carbocycles. The first-order chi connectivity index (χ1) is 23.0. The van der Waals surface area contributed by atoms with E-state index in [1.807, 2.05) is 13.8 Å². The van der Waals surface area contributed by atoms with Crippen LogP contribution < -0.4 is 20.1 Å². The molecule has 10 heteroatoms. The molecule has 2 amide bonds. The molecule has 48 heavy (non-hydrogen) atoms. The lowest BCUT2D eigenvalue weighted by molar-refractivity contribution is 0.0907. The number of hydrogen-bond donors (Lipinski definition) is 2. The highest BCUT2D eigenvalue weighted by Crippen LogP contribution is 2.50. The van der Waals surface area contributed by atoms with E-state index >= 15 is 17.6 Å². The summed E-state index contributed by atoms with van der Waals surface area (Å²) >= 11 is 0. The molecule has 0 aliphatic heterocycles. The van der Waals surface area contributed by atoms with Crippen LogP contribution in [0.2, 0.25) is 0 Å². The molecule has 2 N–H and O–H groups in total. The molecule has 0 unspecified atom stereocenters. The lowest BCUT2D eigenvalue weighted by Crippen LogP contribution is -2.40. The van der Waals surface area contributed by atoms with Crippen molar-refractivity contribution in [2.45, 2.75) is 77.3 Å². The second-order valence-electron chi connectivity index (χ2n) is 14.4. The number of carbonyl (C=O) groups is 2. The third-order valence-corrected chi connectivity index (χ3v) is 11.4. The van der Waals surface area contributed by atoms with E-state index in [-0.39, 0.29) is 35.4 Å². The first kappa shape index (κ1) is 32.5. The summed E-state index contributed by atoms with van der Waals surface area (Å²) in [5.41, 5.74) is 0.635. The molecule has 4 bridgehead atoms. The molecule has 3 aromatic rings. The maximum Gasteiger partial charge on any atom is 0.251 e. The summed E-state index contributed by atoms with van der Waals surface area (Å²) in [7, 11) is 0. The van der Waals surface area contributed by atoms with E-state index in [2.05, 4.69) is 10.6 Å². The van der Waals surface area contributed by atoms with E-state index < -0.39 is 34.8 Å². The van der Waals surface area contributed by atoms with Gasteiger partial charge in [-0.2, -0.15) is 17.6 Å². The van der Waals surface area contributed by atoms with E-state index in [1.165, 1.54) is 87.1 Å². The number of rotatable bonds is 10. The van der Waals surface area contributed by atoms with Crippen LogP contribution in [-0.4, -0.2) is 23.9 Å². The highest BCUT2D eigenvalue weighted by molar-refractivity contribution is 5.95. The minimum Gasteiger partial charge on any atom is -0.451 e. The van der Waals surface area contributed by atoms with Gasteiger partial charge in [-0.25, -0.2) is 0 Å². The minimum absolute atomic E-state index is 0.0150. The Morgan fingerprint density at radius 3 is 1.23 bits per heavy atom. The summed E-state index contributed by atoms with van der Waals surface area (Å²) in [6, 6.07) is 10.9. The molecule has 6 nitrogen and oxygen atoms in total. The molecule has 4 aliphatic carbocycles. The maximum absolute atomic E-state index is 15.0. The fourth-order valence-electron chi connectivity index (χ4n) is 8.96. The van der Waals surface area contributed by atoms with Gasteiger partial charge in [-0.05, 0) is 136 Å². The van der Waals surface area contributed by atoms with Gasteiger partial charge in [0.15, 0.2) is 0 Å². The second-order valence-corrected chi connectivity index (χ2v) is 14.4. The summed E-state index contributed by atoms with van der Waals surface area (Å²) in [6.07, 6.45) is 9.65. The zero-order valence-corrected chi connectivity index (χ0v) is 27.0. The molecule has 8 atom stereocenters. The van der Waals surface area contributed by atoms with Crippen molar-refractivity contribution in [3.8, 4) is 23.0 Å². The fourth-order valence-corrected chi connectivity index (χ4v) is 8.96. The van der Waals surface area contributed by atoms with Crippen LogP contribution in [0.5, 0.6) is 23.0 Å². The van der Waals surface area contributed by atoms with Crippen LogP contribution in [-0.2, 0) is 0 Å². The van der Waals surface area contributed by atoms with Crippen LogP contribution >= 0.6 is 0 Å². The predicted molar refractivity (Wildman–Crippen MR) is 171 cm³/mol. The monoisotopic (exact) mass is 664 g/mol. The van der Waals surface area contributed by atoms with Gasteiger partial charge in [-0.3, -0.25) is 9.59 Å². The Hall–Kier alpha value is -4.08. The van der Waals surface area contributed by atoms with Crippen LogP contribution in [0.1, 0.15) is 85.9 Å². The molecule has 0 aromatic heterocycles. The quantitative estimate of drug-likeness (QED) is 0.168. The Bertz CT molecular complexity index is 1540. The number of ether oxygens (including phenoxy) is 2. The number of benzene rings is 3. The number of hydrogen-bond acceptors (Lipinski definition) is 4. The summed E-state index contributed by atoms with van der Waals surface area (Å²) in [5, 5.41) is 6.10. The Morgan fingerprint density at radius 2 is 0.938 bits per heavy atom. The molecule has 7 rings (SSSR count). The third kappa shape index (κ3) is 6.26. The van der Waals surface area contributed by atoms with Gasteiger partial charge in [-0.15, -0.1) is 0 Å². The first-order valence-electron chi connectivity index (χ1n) is 17.1. The largest absolute Gasteiger partial charge is 0.451 e. The predicted octanol–water partition coefficient (Wildman–Crippen LogP) is 8.94. The molecule has 0 spiro atoms. The van der Waals surface area contributed by atoms with Gasteiger partial charge in [0.25, 0.3) is 11.8 Å². The standard InChI is InChI=1S/C38H40F4N2O4/c1-19(29-17-21-3-5-25(29)15-21)43-37(45)23-7-11-27(12-8-23)47-35-31(39)33(41)36(34(42)32(35)40)48-28-13-9-24(10-14-28)38(46)44-20(2)30-18-22-4-6-26(30)16-22/h7-14,19-22,25-26,29-30H,3-6,15-18H2,1-2H3,(H,43,45)(H,44,46)/t19-,20+,21-,22-,25-,26-,29-,30+/m0/s1. The summed E-state index contributed by atoms with van der Waals surface area (Å²) in [4.78, 5) is 25.7. The van der Waals surface area contributed by atoms with Gasteiger partial charge in [0, 0.05) is 23.2 Å². The SMILES string of the molecule is C[C@H](NC(=O)c1ccc(Oc2c(F)c(F)c(Oc3ccc(C(=O)N[C@H](C)[C@H]4C[C@H]5CC[C@H]4C5)cc3)c(F)c2F)cc1)[C@@H]1C[C@H]2CC[C@H]1C2. The molecular formula is C38H40F4N2O4. The fraction of sp³-hybridized carbons (Fsp3) is 0.474. The van der Waals surface area contributed by atoms with E-state index in [9.17, 15) is 9.59 Å². The van der Waals surface area contributed by atoms with Crippen molar-refractivity contribution in [1.29, 1.82) is 0 Å². The maximum atomic E-state index is 15.0. The molecule has 0 saturated heterocycles. The molecule has 4 saturated carbocycles. The van der Waals surface area contributed by atoms with Gasteiger partial charge in [0.2, 0.25) is 34.8 Å². The van der Waals surface area contributed by atoms with Crippen LogP contribution in [0.3, 0.4) is 0 Å². The normalized spacial score (nSPS) is 26.7. The van der Waals surface area contributed by atoms with Crippen molar-refractivity contribution < 1.29 is 36.6 Å². The first-order valence-corrected chi connectivity index (χ1v) is 17.1. The molecule has 4 aliphatic rings. The number of amides is 2. The van der Waals surface area contributed by atoms with Crippen LogP contribution in [0.15, 0.2) is 48.5 Å². The highest BCUT2D eigenvalue weighted by Gasteiger charge is 2.43. The van der Waals surface area contributed by atoms with Crippen LogP contribution in [0, 0.1) is 58.8 Å². The number of fused-ring (bicyclic) bond motifs is 4. The topological polar surface area (TPSA) is 76.7 Å². The van der Waals surface area contributed by atoms with Gasteiger partial charge >= 0.3 is 0 Å².